The molecule has 53 heavy (non-hydrogen) atoms. The summed E-state index contributed by atoms with van der Waals surface area (Å²) in [5.41, 5.74) is 18.1. The molecular formula is C52H41N. The fourth-order valence-corrected chi connectivity index (χ4v) is 8.35. The van der Waals surface area contributed by atoms with Gasteiger partial charge < -0.3 is 4.90 Å². The summed E-state index contributed by atoms with van der Waals surface area (Å²) in [4.78, 5) is 2.42. The van der Waals surface area contributed by atoms with Crippen LogP contribution >= 0.6 is 0 Å². The van der Waals surface area contributed by atoms with Crippen LogP contribution in [0.5, 0.6) is 0 Å². The van der Waals surface area contributed by atoms with Crippen LogP contribution in [0.15, 0.2) is 189 Å². The van der Waals surface area contributed by atoms with Crippen molar-refractivity contribution in [2.75, 3.05) is 4.90 Å². The normalized spacial score (nSPS) is 12.7. The zero-order valence-corrected chi connectivity index (χ0v) is 30.5. The second-order valence-electron chi connectivity index (χ2n) is 14.7. The summed E-state index contributed by atoms with van der Waals surface area (Å²) in [5, 5.41) is 2.45. The van der Waals surface area contributed by atoms with Crippen molar-refractivity contribution in [2.24, 2.45) is 0 Å². The molecule has 8 aromatic carbocycles. The highest BCUT2D eigenvalue weighted by molar-refractivity contribution is 6.00. The zero-order valence-electron chi connectivity index (χ0n) is 30.5. The van der Waals surface area contributed by atoms with Crippen molar-refractivity contribution in [3.05, 3.63) is 216 Å². The van der Waals surface area contributed by atoms with E-state index in [-0.39, 0.29) is 5.41 Å². The van der Waals surface area contributed by atoms with Crippen LogP contribution in [-0.2, 0) is 5.41 Å². The van der Waals surface area contributed by atoms with Crippen LogP contribution in [0.4, 0.5) is 17.1 Å². The van der Waals surface area contributed by atoms with E-state index in [1.165, 1.54) is 60.8 Å². The minimum Gasteiger partial charge on any atom is -0.310 e. The molecule has 0 aromatic heterocycles. The molecule has 0 N–H and O–H groups in total. The Hall–Kier alpha value is -6.44. The van der Waals surface area contributed by atoms with Crippen molar-refractivity contribution in [2.45, 2.75) is 26.2 Å². The minimum atomic E-state index is -0.0431. The molecule has 1 heteroatoms. The van der Waals surface area contributed by atoms with E-state index in [1.807, 2.05) is 6.07 Å². The van der Waals surface area contributed by atoms with Gasteiger partial charge in [0.2, 0.25) is 0 Å². The SMILES string of the molecule is C=C(c1ccccc1)c1ccccc1-c1cc(-c2ccc(N(c3ccc4c(c3)-c3ccccc3C4(C)C)c3cccc4ccccc34)cc2)ccc1C. The van der Waals surface area contributed by atoms with Gasteiger partial charge in [0.25, 0.3) is 0 Å². The molecule has 0 unspecified atom stereocenters. The Morgan fingerprint density at radius 1 is 0.491 bits per heavy atom. The molecule has 0 atom stereocenters. The highest BCUT2D eigenvalue weighted by atomic mass is 15.1. The second kappa shape index (κ2) is 13.0. The fourth-order valence-electron chi connectivity index (χ4n) is 8.35. The van der Waals surface area contributed by atoms with Crippen molar-refractivity contribution in [3.63, 3.8) is 0 Å². The Bertz CT molecular complexity index is 2660. The largest absolute Gasteiger partial charge is 0.310 e. The third-order valence-electron chi connectivity index (χ3n) is 11.2. The first-order valence-corrected chi connectivity index (χ1v) is 18.5. The number of nitrogens with zero attached hydrogens (tertiary/aromatic N) is 1. The molecule has 0 bridgehead atoms. The zero-order chi connectivity index (χ0) is 36.1. The predicted octanol–water partition coefficient (Wildman–Crippen LogP) is 14.3. The van der Waals surface area contributed by atoms with E-state index >= 15 is 0 Å². The van der Waals surface area contributed by atoms with Crippen LogP contribution in [0, 0.1) is 6.92 Å². The Morgan fingerprint density at radius 2 is 1.13 bits per heavy atom. The monoisotopic (exact) mass is 679 g/mol. The molecule has 0 heterocycles. The van der Waals surface area contributed by atoms with Crippen LogP contribution in [0.2, 0.25) is 0 Å². The number of benzene rings is 8. The number of aryl methyl sites for hydroxylation is 1. The molecule has 1 aliphatic rings. The molecule has 0 radical (unpaired) electrons. The molecule has 8 aromatic rings. The van der Waals surface area contributed by atoms with Gasteiger partial charge >= 0.3 is 0 Å². The van der Waals surface area contributed by atoms with Gasteiger partial charge in [-0.3, -0.25) is 0 Å². The lowest BCUT2D eigenvalue weighted by molar-refractivity contribution is 0.660. The second-order valence-corrected chi connectivity index (χ2v) is 14.7. The summed E-state index contributed by atoms with van der Waals surface area (Å²) in [7, 11) is 0. The molecule has 0 saturated heterocycles. The predicted molar refractivity (Wildman–Crippen MR) is 226 cm³/mol. The molecule has 1 nitrogen and oxygen atoms in total. The topological polar surface area (TPSA) is 3.24 Å². The lowest BCUT2D eigenvalue weighted by Crippen LogP contribution is -2.15. The minimum absolute atomic E-state index is 0.0431. The van der Waals surface area contributed by atoms with Crippen LogP contribution in [0.1, 0.15) is 41.7 Å². The summed E-state index contributed by atoms with van der Waals surface area (Å²) in [6, 6.07) is 66.2. The molecule has 0 amide bonds. The number of hydrogen-bond acceptors (Lipinski definition) is 1. The fraction of sp³-hybridized carbons (Fsp3) is 0.0769. The van der Waals surface area contributed by atoms with Crippen LogP contribution in [0.25, 0.3) is 49.7 Å². The molecule has 9 rings (SSSR count). The molecule has 0 fully saturated rings. The lowest BCUT2D eigenvalue weighted by Gasteiger charge is -2.28. The Morgan fingerprint density at radius 3 is 1.96 bits per heavy atom. The maximum Gasteiger partial charge on any atom is 0.0540 e. The molecule has 0 spiro atoms. The van der Waals surface area contributed by atoms with Gasteiger partial charge in [0.1, 0.15) is 0 Å². The van der Waals surface area contributed by atoms with Gasteiger partial charge in [-0.15, -0.1) is 0 Å². The standard InChI is InChI=1S/C52H41N/c1-35-25-26-40(33-47(35)45-21-11-10-19-43(45)36(2)37-15-6-5-7-16-37)38-27-29-41(30-28-38)53(51-24-14-18-39-17-8-9-20-44(39)51)42-31-32-50-48(34-42)46-22-12-13-23-49(46)52(50,3)4/h5-34H,2H2,1,3-4H3. The van der Waals surface area contributed by atoms with Gasteiger partial charge in [-0.25, -0.2) is 0 Å². The maximum absolute atomic E-state index is 4.52. The highest BCUT2D eigenvalue weighted by Crippen LogP contribution is 2.51. The number of rotatable bonds is 7. The maximum atomic E-state index is 4.52. The highest BCUT2D eigenvalue weighted by Gasteiger charge is 2.35. The van der Waals surface area contributed by atoms with Crippen LogP contribution in [0.3, 0.4) is 0 Å². The first-order chi connectivity index (χ1) is 25.9. The average Bonchev–Trinajstić information content (AvgIpc) is 3.44. The van der Waals surface area contributed by atoms with Crippen molar-refractivity contribution >= 4 is 33.4 Å². The van der Waals surface area contributed by atoms with Crippen molar-refractivity contribution < 1.29 is 0 Å². The first kappa shape index (κ1) is 32.5. The van der Waals surface area contributed by atoms with Gasteiger partial charge in [-0.2, -0.15) is 0 Å². The number of fused-ring (bicyclic) bond motifs is 4. The number of hydrogen-bond donors (Lipinski definition) is 0. The first-order valence-electron chi connectivity index (χ1n) is 18.5. The molecular weight excluding hydrogens is 639 g/mol. The quantitative estimate of drug-likeness (QED) is 0.162. The van der Waals surface area contributed by atoms with E-state index in [0.29, 0.717) is 0 Å². The van der Waals surface area contributed by atoms with E-state index in [4.69, 9.17) is 0 Å². The summed E-state index contributed by atoms with van der Waals surface area (Å²) in [5.74, 6) is 0. The van der Waals surface area contributed by atoms with Gasteiger partial charge in [0.05, 0.1) is 5.69 Å². The third-order valence-corrected chi connectivity index (χ3v) is 11.2. The molecule has 254 valence electrons. The van der Waals surface area contributed by atoms with Gasteiger partial charge in [-0.05, 0) is 115 Å². The molecule has 1 aliphatic carbocycles. The van der Waals surface area contributed by atoms with E-state index < -0.39 is 0 Å². The Labute approximate surface area is 313 Å². The van der Waals surface area contributed by atoms with Gasteiger partial charge in [-0.1, -0.05) is 166 Å². The van der Waals surface area contributed by atoms with Crippen molar-refractivity contribution in [1.82, 2.24) is 0 Å². The Kier molecular flexibility index (Phi) is 7.94. The molecule has 0 saturated carbocycles. The van der Waals surface area contributed by atoms with Crippen molar-refractivity contribution in [3.8, 4) is 33.4 Å². The van der Waals surface area contributed by atoms with E-state index in [0.717, 1.165) is 33.8 Å². The Balaban J connectivity index is 1.14. The lowest BCUT2D eigenvalue weighted by atomic mass is 9.82. The van der Waals surface area contributed by atoms with E-state index in [9.17, 15) is 0 Å². The van der Waals surface area contributed by atoms with Crippen LogP contribution in [-0.4, -0.2) is 0 Å². The third kappa shape index (κ3) is 5.57. The average molecular weight is 680 g/mol. The summed E-state index contributed by atoms with van der Waals surface area (Å²) >= 11 is 0. The summed E-state index contributed by atoms with van der Waals surface area (Å²) in [6.07, 6.45) is 0. The van der Waals surface area contributed by atoms with E-state index in [1.54, 1.807) is 0 Å². The summed E-state index contributed by atoms with van der Waals surface area (Å²) < 4.78 is 0. The van der Waals surface area contributed by atoms with Crippen molar-refractivity contribution in [1.29, 1.82) is 0 Å². The number of anilines is 3. The van der Waals surface area contributed by atoms with Crippen LogP contribution < -0.4 is 4.90 Å². The van der Waals surface area contributed by atoms with Gasteiger partial charge in [0, 0.05) is 22.2 Å². The molecule has 0 aliphatic heterocycles. The van der Waals surface area contributed by atoms with E-state index in [2.05, 4.69) is 208 Å². The van der Waals surface area contributed by atoms with Gasteiger partial charge in [0.15, 0.2) is 0 Å². The smallest absolute Gasteiger partial charge is 0.0540 e. The summed E-state index contributed by atoms with van der Waals surface area (Å²) in [6.45, 7) is 11.4.